The highest BCUT2D eigenvalue weighted by atomic mass is 35.5. The minimum Gasteiger partial charge on any atom is -0.487 e. The van der Waals surface area contributed by atoms with Crippen LogP contribution >= 0.6 is 11.6 Å². The second-order valence-electron chi connectivity index (χ2n) is 4.04. The molecule has 4 nitrogen and oxygen atoms in total. The summed E-state index contributed by atoms with van der Waals surface area (Å²) in [6.07, 6.45) is 1.31. The fourth-order valence-corrected chi connectivity index (χ4v) is 1.68. The Hall–Kier alpha value is -2.07. The highest BCUT2D eigenvalue weighted by molar-refractivity contribution is 6.30. The van der Waals surface area contributed by atoms with Crippen LogP contribution in [0.2, 0.25) is 5.02 Å². The molecule has 1 aromatic carbocycles. The van der Waals surface area contributed by atoms with E-state index in [4.69, 9.17) is 21.4 Å². The number of aryl methyl sites for hydroxylation is 1. The van der Waals surface area contributed by atoms with Crippen molar-refractivity contribution in [1.82, 2.24) is 4.98 Å². The monoisotopic (exact) mass is 277 g/mol. The number of aromatic nitrogens is 1. The molecule has 0 amide bonds. The molecule has 0 saturated heterocycles. The predicted octanol–water partition coefficient (Wildman–Crippen LogP) is 3.32. The molecule has 0 bridgehead atoms. The predicted molar refractivity (Wildman–Crippen MR) is 71.7 cm³/mol. The number of pyridine rings is 1. The Morgan fingerprint density at radius 1 is 1.37 bits per heavy atom. The fraction of sp³-hybridized carbons (Fsp3) is 0.143. The molecule has 0 aliphatic carbocycles. The minimum atomic E-state index is -0.995. The number of ether oxygens (including phenoxy) is 1. The number of aromatic carboxylic acids is 1. The molecule has 1 heterocycles. The lowest BCUT2D eigenvalue weighted by Gasteiger charge is -2.09. The van der Waals surface area contributed by atoms with E-state index in [0.29, 0.717) is 16.5 Å². The summed E-state index contributed by atoms with van der Waals surface area (Å²) < 4.78 is 5.61. The van der Waals surface area contributed by atoms with Crippen LogP contribution in [0, 0.1) is 6.92 Å². The Balaban J connectivity index is 2.06. The van der Waals surface area contributed by atoms with Crippen LogP contribution in [0.5, 0.6) is 5.75 Å². The van der Waals surface area contributed by atoms with Crippen LogP contribution < -0.4 is 4.74 Å². The Bertz CT molecular complexity index is 596. The van der Waals surface area contributed by atoms with Gasteiger partial charge in [0.25, 0.3) is 0 Å². The van der Waals surface area contributed by atoms with Crippen molar-refractivity contribution in [3.05, 3.63) is 58.4 Å². The zero-order valence-corrected chi connectivity index (χ0v) is 11.0. The van der Waals surface area contributed by atoms with Crippen LogP contribution in [0.4, 0.5) is 0 Å². The number of carbonyl (C=O) groups is 1. The normalized spacial score (nSPS) is 10.2. The van der Waals surface area contributed by atoms with Crippen molar-refractivity contribution >= 4 is 17.6 Å². The zero-order chi connectivity index (χ0) is 13.8. The first-order valence-corrected chi connectivity index (χ1v) is 6.01. The lowest BCUT2D eigenvalue weighted by Crippen LogP contribution is -2.02. The molecular weight excluding hydrogens is 266 g/mol. The largest absolute Gasteiger partial charge is 0.487 e. The zero-order valence-electron chi connectivity index (χ0n) is 10.3. The molecule has 0 aliphatic heterocycles. The van der Waals surface area contributed by atoms with E-state index in [1.54, 1.807) is 18.2 Å². The SMILES string of the molecule is Cc1ccc(Cl)cc1OCc1ccc(C(=O)O)cn1. The van der Waals surface area contributed by atoms with Crippen LogP contribution in [0.25, 0.3) is 0 Å². The van der Waals surface area contributed by atoms with Gasteiger partial charge in [-0.05, 0) is 36.8 Å². The van der Waals surface area contributed by atoms with Gasteiger partial charge in [0.1, 0.15) is 12.4 Å². The fourth-order valence-electron chi connectivity index (χ4n) is 1.52. The molecular formula is C14H12ClNO3. The van der Waals surface area contributed by atoms with Gasteiger partial charge in [-0.2, -0.15) is 0 Å². The van der Waals surface area contributed by atoms with Gasteiger partial charge in [0.05, 0.1) is 11.3 Å². The summed E-state index contributed by atoms with van der Waals surface area (Å²) in [5, 5.41) is 9.37. The quantitative estimate of drug-likeness (QED) is 0.931. The number of carboxylic acids is 1. The van der Waals surface area contributed by atoms with E-state index >= 15 is 0 Å². The molecule has 2 rings (SSSR count). The van der Waals surface area contributed by atoms with E-state index in [1.807, 2.05) is 13.0 Å². The summed E-state index contributed by atoms with van der Waals surface area (Å²) in [6, 6.07) is 8.53. The van der Waals surface area contributed by atoms with Gasteiger partial charge >= 0.3 is 5.97 Å². The van der Waals surface area contributed by atoms with Gasteiger partial charge in [-0.1, -0.05) is 17.7 Å². The Morgan fingerprint density at radius 3 is 2.79 bits per heavy atom. The molecule has 0 spiro atoms. The standard InChI is InChI=1S/C14H12ClNO3/c1-9-2-4-11(15)6-13(9)19-8-12-5-3-10(7-16-12)14(17)18/h2-7H,8H2,1H3,(H,17,18). The molecule has 0 radical (unpaired) electrons. The van der Waals surface area contributed by atoms with E-state index in [2.05, 4.69) is 4.98 Å². The highest BCUT2D eigenvalue weighted by Gasteiger charge is 2.05. The second-order valence-corrected chi connectivity index (χ2v) is 4.48. The van der Waals surface area contributed by atoms with Gasteiger partial charge in [0.2, 0.25) is 0 Å². The summed E-state index contributed by atoms with van der Waals surface area (Å²) in [6.45, 7) is 2.19. The van der Waals surface area contributed by atoms with E-state index in [0.717, 1.165) is 5.56 Å². The minimum absolute atomic E-state index is 0.155. The lowest BCUT2D eigenvalue weighted by atomic mass is 10.2. The van der Waals surface area contributed by atoms with Crippen molar-refractivity contribution in [2.45, 2.75) is 13.5 Å². The third-order valence-corrected chi connectivity index (χ3v) is 2.83. The van der Waals surface area contributed by atoms with Crippen molar-refractivity contribution in [1.29, 1.82) is 0 Å². The van der Waals surface area contributed by atoms with Gasteiger partial charge in [-0.25, -0.2) is 4.79 Å². The average molecular weight is 278 g/mol. The van der Waals surface area contributed by atoms with E-state index < -0.39 is 5.97 Å². The summed E-state index contributed by atoms with van der Waals surface area (Å²) >= 11 is 5.89. The molecule has 0 atom stereocenters. The maximum atomic E-state index is 10.7. The second kappa shape index (κ2) is 5.71. The van der Waals surface area contributed by atoms with Crippen LogP contribution in [0.15, 0.2) is 36.5 Å². The number of carboxylic acid groups (broad SMARTS) is 1. The maximum Gasteiger partial charge on any atom is 0.337 e. The number of benzene rings is 1. The Kier molecular flexibility index (Phi) is 4.02. The first-order chi connectivity index (χ1) is 9.06. The van der Waals surface area contributed by atoms with Gasteiger partial charge in [0, 0.05) is 11.2 Å². The lowest BCUT2D eigenvalue weighted by molar-refractivity contribution is 0.0696. The third kappa shape index (κ3) is 3.45. The first kappa shape index (κ1) is 13.4. The molecule has 0 unspecified atom stereocenters. The third-order valence-electron chi connectivity index (χ3n) is 2.60. The maximum absolute atomic E-state index is 10.7. The van der Waals surface area contributed by atoms with Crippen molar-refractivity contribution in [3.63, 3.8) is 0 Å². The van der Waals surface area contributed by atoms with Crippen LogP contribution in [-0.4, -0.2) is 16.1 Å². The van der Waals surface area contributed by atoms with E-state index in [9.17, 15) is 4.79 Å². The van der Waals surface area contributed by atoms with Crippen molar-refractivity contribution < 1.29 is 14.6 Å². The Morgan fingerprint density at radius 2 is 2.16 bits per heavy atom. The average Bonchev–Trinajstić information content (AvgIpc) is 2.40. The number of hydrogen-bond acceptors (Lipinski definition) is 3. The van der Waals surface area contributed by atoms with Crippen LogP contribution in [-0.2, 0) is 6.61 Å². The Labute approximate surface area is 115 Å². The van der Waals surface area contributed by atoms with Crippen LogP contribution in [0.1, 0.15) is 21.6 Å². The molecule has 0 aliphatic rings. The summed E-state index contributed by atoms with van der Waals surface area (Å²) in [7, 11) is 0. The van der Waals surface area contributed by atoms with E-state index in [1.165, 1.54) is 12.3 Å². The topological polar surface area (TPSA) is 59.4 Å². The molecule has 5 heteroatoms. The number of hydrogen-bond donors (Lipinski definition) is 1. The smallest absolute Gasteiger partial charge is 0.337 e. The van der Waals surface area contributed by atoms with Crippen molar-refractivity contribution in [3.8, 4) is 5.75 Å². The van der Waals surface area contributed by atoms with Gasteiger partial charge < -0.3 is 9.84 Å². The van der Waals surface area contributed by atoms with Gasteiger partial charge in [-0.3, -0.25) is 4.98 Å². The molecule has 0 saturated carbocycles. The molecule has 19 heavy (non-hydrogen) atoms. The van der Waals surface area contributed by atoms with E-state index in [-0.39, 0.29) is 12.2 Å². The summed E-state index contributed by atoms with van der Waals surface area (Å²) in [5.41, 5.74) is 1.79. The van der Waals surface area contributed by atoms with Gasteiger partial charge in [0.15, 0.2) is 0 Å². The number of rotatable bonds is 4. The summed E-state index contributed by atoms with van der Waals surface area (Å²) in [4.78, 5) is 14.7. The number of nitrogens with zero attached hydrogens (tertiary/aromatic N) is 1. The van der Waals surface area contributed by atoms with Crippen LogP contribution in [0.3, 0.4) is 0 Å². The number of halogens is 1. The van der Waals surface area contributed by atoms with Gasteiger partial charge in [-0.15, -0.1) is 0 Å². The highest BCUT2D eigenvalue weighted by Crippen LogP contribution is 2.23. The van der Waals surface area contributed by atoms with Crippen molar-refractivity contribution in [2.75, 3.05) is 0 Å². The molecule has 1 aromatic heterocycles. The molecule has 1 N–H and O–H groups in total. The summed E-state index contributed by atoms with van der Waals surface area (Å²) in [5.74, 6) is -0.303. The molecule has 0 fully saturated rings. The molecule has 98 valence electrons. The van der Waals surface area contributed by atoms with Crippen molar-refractivity contribution in [2.24, 2.45) is 0 Å². The first-order valence-electron chi connectivity index (χ1n) is 5.63. The molecule has 2 aromatic rings.